The molecule has 1 unspecified atom stereocenters. The van der Waals surface area contributed by atoms with Gasteiger partial charge in [-0.15, -0.1) is 0 Å². The standard InChI is InChI=1S/C22H17Cl2N3O3/c23-17-11-10-15(12-18(17)24)27-21(29)26-19-9-5-4-8-16(19)22(27,30)20(28)25-13-14-6-2-1-3-7-14/h1-12,30H,13H2,(H,25,28)(H,26,29). The van der Waals surface area contributed by atoms with Crippen LogP contribution in [0.15, 0.2) is 72.8 Å². The van der Waals surface area contributed by atoms with Crippen LogP contribution in [0.1, 0.15) is 11.1 Å². The molecule has 152 valence electrons. The molecule has 0 saturated heterocycles. The van der Waals surface area contributed by atoms with Crippen molar-refractivity contribution in [1.82, 2.24) is 5.32 Å². The van der Waals surface area contributed by atoms with Gasteiger partial charge in [0, 0.05) is 12.1 Å². The first-order valence-corrected chi connectivity index (χ1v) is 9.87. The number of halogens is 2. The Hall–Kier alpha value is -3.06. The molecule has 4 rings (SSSR count). The molecular formula is C22H17Cl2N3O3. The molecule has 1 heterocycles. The lowest BCUT2D eigenvalue weighted by molar-refractivity contribution is -0.140. The average molecular weight is 442 g/mol. The lowest BCUT2D eigenvalue weighted by atomic mass is 9.94. The SMILES string of the molecule is O=C1Nc2ccccc2C(O)(C(=O)NCc2ccccc2)N1c1ccc(Cl)c(Cl)c1. The van der Waals surface area contributed by atoms with E-state index in [1.54, 1.807) is 24.3 Å². The zero-order valence-electron chi connectivity index (χ0n) is 15.6. The maximum atomic E-state index is 13.3. The molecule has 0 saturated carbocycles. The van der Waals surface area contributed by atoms with Crippen molar-refractivity contribution in [1.29, 1.82) is 0 Å². The minimum Gasteiger partial charge on any atom is -0.359 e. The third-order valence-electron chi connectivity index (χ3n) is 4.84. The fourth-order valence-corrected chi connectivity index (χ4v) is 3.68. The average Bonchev–Trinajstić information content (AvgIpc) is 2.75. The van der Waals surface area contributed by atoms with Crippen LogP contribution in [0.4, 0.5) is 16.2 Å². The van der Waals surface area contributed by atoms with Crippen LogP contribution < -0.4 is 15.5 Å². The highest BCUT2D eigenvalue weighted by molar-refractivity contribution is 6.42. The summed E-state index contributed by atoms with van der Waals surface area (Å²) in [5.41, 5.74) is -0.652. The number of carbonyl (C=O) groups is 2. The smallest absolute Gasteiger partial charge is 0.329 e. The summed E-state index contributed by atoms with van der Waals surface area (Å²) >= 11 is 12.1. The number of nitrogens with zero attached hydrogens (tertiary/aromatic N) is 1. The summed E-state index contributed by atoms with van der Waals surface area (Å²) in [4.78, 5) is 27.2. The van der Waals surface area contributed by atoms with E-state index < -0.39 is 17.7 Å². The number of urea groups is 1. The first-order chi connectivity index (χ1) is 14.4. The van der Waals surface area contributed by atoms with Crippen molar-refractivity contribution < 1.29 is 14.7 Å². The number of nitrogens with one attached hydrogen (secondary N) is 2. The van der Waals surface area contributed by atoms with Crippen LogP contribution in [0.2, 0.25) is 10.0 Å². The lowest BCUT2D eigenvalue weighted by Gasteiger charge is -2.42. The molecule has 0 spiro atoms. The highest BCUT2D eigenvalue weighted by Gasteiger charge is 2.51. The van der Waals surface area contributed by atoms with Gasteiger partial charge in [-0.25, -0.2) is 4.79 Å². The number of fused-ring (bicyclic) bond motifs is 1. The fourth-order valence-electron chi connectivity index (χ4n) is 3.39. The van der Waals surface area contributed by atoms with Gasteiger partial charge in [-0.2, -0.15) is 0 Å². The first kappa shape index (κ1) is 20.2. The monoisotopic (exact) mass is 441 g/mol. The van der Waals surface area contributed by atoms with E-state index in [4.69, 9.17) is 23.2 Å². The van der Waals surface area contributed by atoms with Gasteiger partial charge in [0.25, 0.3) is 11.6 Å². The second-order valence-electron chi connectivity index (χ2n) is 6.75. The fraction of sp³-hybridized carbons (Fsp3) is 0.0909. The van der Waals surface area contributed by atoms with Gasteiger partial charge in [-0.3, -0.25) is 9.69 Å². The maximum absolute atomic E-state index is 13.3. The maximum Gasteiger partial charge on any atom is 0.329 e. The Morgan fingerprint density at radius 3 is 2.43 bits per heavy atom. The Kier molecular flexibility index (Phi) is 5.39. The van der Waals surface area contributed by atoms with Gasteiger partial charge in [0.2, 0.25) is 0 Å². The van der Waals surface area contributed by atoms with Gasteiger partial charge in [0.05, 0.1) is 21.4 Å². The number of benzene rings is 3. The Morgan fingerprint density at radius 1 is 1.00 bits per heavy atom. The summed E-state index contributed by atoms with van der Waals surface area (Å²) in [6.45, 7) is 0.182. The molecule has 3 aromatic rings. The van der Waals surface area contributed by atoms with Crippen molar-refractivity contribution in [3.05, 3.63) is 94.0 Å². The Balaban J connectivity index is 1.78. The van der Waals surface area contributed by atoms with Crippen molar-refractivity contribution in [2.24, 2.45) is 0 Å². The number of hydrogen-bond donors (Lipinski definition) is 3. The van der Waals surface area contributed by atoms with Crippen LogP contribution in [0, 0.1) is 0 Å². The summed E-state index contributed by atoms with van der Waals surface area (Å²) in [6.07, 6.45) is 0. The summed E-state index contributed by atoms with van der Waals surface area (Å²) in [5, 5.41) is 17.6. The van der Waals surface area contributed by atoms with E-state index in [1.165, 1.54) is 18.2 Å². The molecular weight excluding hydrogens is 425 g/mol. The molecule has 1 aliphatic rings. The molecule has 0 bridgehead atoms. The van der Waals surface area contributed by atoms with Crippen LogP contribution in [0.5, 0.6) is 0 Å². The van der Waals surface area contributed by atoms with Gasteiger partial charge < -0.3 is 15.7 Å². The van der Waals surface area contributed by atoms with Gasteiger partial charge in [0.15, 0.2) is 0 Å². The van der Waals surface area contributed by atoms with Crippen LogP contribution in [-0.2, 0) is 17.1 Å². The minimum atomic E-state index is -2.30. The normalized spacial score (nSPS) is 17.8. The number of para-hydroxylation sites is 1. The molecule has 3 amide bonds. The van der Waals surface area contributed by atoms with E-state index in [2.05, 4.69) is 10.6 Å². The molecule has 8 heteroatoms. The van der Waals surface area contributed by atoms with Crippen molar-refractivity contribution in [3.63, 3.8) is 0 Å². The number of carbonyl (C=O) groups excluding carboxylic acids is 2. The summed E-state index contributed by atoms with van der Waals surface area (Å²) in [7, 11) is 0. The van der Waals surface area contributed by atoms with Gasteiger partial charge in [-0.05, 0) is 29.8 Å². The number of rotatable bonds is 4. The molecule has 6 nitrogen and oxygen atoms in total. The third-order valence-corrected chi connectivity index (χ3v) is 5.58. The summed E-state index contributed by atoms with van der Waals surface area (Å²) in [6, 6.07) is 19.6. The minimum absolute atomic E-state index is 0.182. The zero-order valence-corrected chi connectivity index (χ0v) is 17.1. The Morgan fingerprint density at radius 2 is 1.70 bits per heavy atom. The molecule has 30 heavy (non-hydrogen) atoms. The largest absolute Gasteiger partial charge is 0.359 e. The van der Waals surface area contributed by atoms with Crippen molar-refractivity contribution in [2.75, 3.05) is 10.2 Å². The molecule has 1 atom stereocenters. The van der Waals surface area contributed by atoms with Gasteiger partial charge >= 0.3 is 6.03 Å². The summed E-state index contributed by atoms with van der Waals surface area (Å²) < 4.78 is 0. The molecule has 0 aliphatic carbocycles. The molecule has 3 N–H and O–H groups in total. The van der Waals surface area contributed by atoms with Gasteiger partial charge in [-0.1, -0.05) is 71.7 Å². The number of amides is 3. The number of hydrogen-bond acceptors (Lipinski definition) is 3. The van der Waals surface area contributed by atoms with Crippen LogP contribution in [0.25, 0.3) is 0 Å². The molecule has 1 aliphatic heterocycles. The predicted octanol–water partition coefficient (Wildman–Crippen LogP) is 4.51. The van der Waals surface area contributed by atoms with E-state index >= 15 is 0 Å². The van der Waals surface area contributed by atoms with Crippen molar-refractivity contribution >= 4 is 46.5 Å². The van der Waals surface area contributed by atoms with Crippen LogP contribution >= 0.6 is 23.2 Å². The van der Waals surface area contributed by atoms with E-state index in [0.29, 0.717) is 5.69 Å². The first-order valence-electron chi connectivity index (χ1n) is 9.11. The third kappa shape index (κ3) is 3.50. The quantitative estimate of drug-likeness (QED) is 0.556. The van der Waals surface area contributed by atoms with Crippen molar-refractivity contribution in [2.45, 2.75) is 12.3 Å². The lowest BCUT2D eigenvalue weighted by Crippen LogP contribution is -2.62. The van der Waals surface area contributed by atoms with E-state index in [-0.39, 0.29) is 27.8 Å². The Labute approximate surface area is 183 Å². The van der Waals surface area contributed by atoms with Crippen molar-refractivity contribution in [3.8, 4) is 0 Å². The van der Waals surface area contributed by atoms with E-state index in [0.717, 1.165) is 10.5 Å². The number of aliphatic hydroxyl groups is 1. The predicted molar refractivity (Wildman–Crippen MR) is 117 cm³/mol. The molecule has 0 radical (unpaired) electrons. The molecule has 3 aromatic carbocycles. The second kappa shape index (κ2) is 7.99. The molecule has 0 aromatic heterocycles. The second-order valence-corrected chi connectivity index (χ2v) is 7.56. The number of anilines is 2. The highest BCUT2D eigenvalue weighted by atomic mass is 35.5. The van der Waals surface area contributed by atoms with Gasteiger partial charge in [0.1, 0.15) is 0 Å². The Bertz CT molecular complexity index is 1120. The van der Waals surface area contributed by atoms with Crippen LogP contribution in [-0.4, -0.2) is 17.0 Å². The topological polar surface area (TPSA) is 81.7 Å². The molecule has 0 fully saturated rings. The zero-order chi connectivity index (χ0) is 21.3. The summed E-state index contributed by atoms with van der Waals surface area (Å²) in [5.74, 6) is -0.750. The van der Waals surface area contributed by atoms with E-state index in [1.807, 2.05) is 30.3 Å². The van der Waals surface area contributed by atoms with E-state index in [9.17, 15) is 14.7 Å². The highest BCUT2D eigenvalue weighted by Crippen LogP contribution is 2.41. The van der Waals surface area contributed by atoms with Crippen LogP contribution in [0.3, 0.4) is 0 Å².